The van der Waals surface area contributed by atoms with E-state index in [-0.39, 0.29) is 11.3 Å². The minimum absolute atomic E-state index is 0.0105. The minimum atomic E-state index is 0.0105. The number of amides is 1. The van der Waals surface area contributed by atoms with Crippen molar-refractivity contribution in [1.82, 2.24) is 5.32 Å². The molecule has 0 aliphatic heterocycles. The van der Waals surface area contributed by atoms with Crippen molar-refractivity contribution in [2.75, 3.05) is 27.4 Å². The Morgan fingerprint density at radius 2 is 1.70 bits per heavy atom. The maximum atomic E-state index is 12.7. The molecular weight excluding hydrogens is 378 g/mol. The van der Waals surface area contributed by atoms with E-state index < -0.39 is 0 Å². The molecule has 0 aromatic heterocycles. The molecule has 0 atom stereocenters. The van der Waals surface area contributed by atoms with E-state index in [1.807, 2.05) is 18.2 Å². The van der Waals surface area contributed by atoms with E-state index >= 15 is 0 Å². The molecule has 1 aliphatic rings. The fraction of sp³-hybridized carbons (Fsp3) is 0.480. The van der Waals surface area contributed by atoms with Crippen molar-refractivity contribution < 1.29 is 19.0 Å². The zero-order valence-electron chi connectivity index (χ0n) is 18.3. The lowest BCUT2D eigenvalue weighted by Gasteiger charge is -2.30. The molecule has 1 fully saturated rings. The van der Waals surface area contributed by atoms with Gasteiger partial charge in [0.05, 0.1) is 27.2 Å². The average Bonchev–Trinajstić information content (AvgIpc) is 3.26. The molecule has 1 aliphatic carbocycles. The number of hydrogen-bond donors (Lipinski definition) is 1. The van der Waals surface area contributed by atoms with Gasteiger partial charge in [0.1, 0.15) is 5.75 Å². The molecule has 30 heavy (non-hydrogen) atoms. The largest absolute Gasteiger partial charge is 0.494 e. The molecule has 0 bridgehead atoms. The highest BCUT2D eigenvalue weighted by molar-refractivity contribution is 5.79. The number of hydrogen-bond acceptors (Lipinski definition) is 4. The van der Waals surface area contributed by atoms with Crippen LogP contribution in [-0.2, 0) is 16.6 Å². The smallest absolute Gasteiger partial charge is 0.224 e. The SMILES string of the molecule is CCCOc1ccc(C2(CNC(=O)Cc3ccc(OC)c(OC)c3)CCCC2)cc1. The third-order valence-corrected chi connectivity index (χ3v) is 5.94. The second-order valence-corrected chi connectivity index (χ2v) is 8.00. The Labute approximate surface area is 179 Å². The van der Waals surface area contributed by atoms with Crippen molar-refractivity contribution in [3.63, 3.8) is 0 Å². The van der Waals surface area contributed by atoms with Crippen LogP contribution in [0.15, 0.2) is 42.5 Å². The molecule has 0 radical (unpaired) electrons. The molecule has 3 rings (SSSR count). The third-order valence-electron chi connectivity index (χ3n) is 5.94. The molecule has 162 valence electrons. The summed E-state index contributed by atoms with van der Waals surface area (Å²) in [5.74, 6) is 2.24. The Morgan fingerprint density at radius 1 is 1.00 bits per heavy atom. The van der Waals surface area contributed by atoms with Gasteiger partial charge in [-0.15, -0.1) is 0 Å². The van der Waals surface area contributed by atoms with Crippen molar-refractivity contribution in [2.24, 2.45) is 0 Å². The molecule has 0 spiro atoms. The molecule has 1 amide bonds. The Hall–Kier alpha value is -2.69. The fourth-order valence-electron chi connectivity index (χ4n) is 4.25. The standard InChI is InChI=1S/C25H33NO4/c1-4-15-30-21-10-8-20(9-11-21)25(13-5-6-14-25)18-26-24(27)17-19-7-12-22(28-2)23(16-19)29-3/h7-12,16H,4-6,13-15,17-18H2,1-3H3,(H,26,27). The van der Waals surface area contributed by atoms with Gasteiger partial charge >= 0.3 is 0 Å². The van der Waals surface area contributed by atoms with Crippen molar-refractivity contribution in [3.05, 3.63) is 53.6 Å². The van der Waals surface area contributed by atoms with E-state index in [2.05, 4.69) is 36.5 Å². The zero-order valence-corrected chi connectivity index (χ0v) is 18.3. The molecule has 0 heterocycles. The lowest BCUT2D eigenvalue weighted by Crippen LogP contribution is -2.39. The monoisotopic (exact) mass is 411 g/mol. The number of benzene rings is 2. The molecule has 1 N–H and O–H groups in total. The normalized spacial score (nSPS) is 14.9. The molecule has 5 nitrogen and oxygen atoms in total. The predicted octanol–water partition coefficient (Wildman–Crippen LogP) is 4.66. The summed E-state index contributed by atoms with van der Waals surface area (Å²) in [5, 5.41) is 3.19. The summed E-state index contributed by atoms with van der Waals surface area (Å²) in [4.78, 5) is 12.7. The first-order chi connectivity index (χ1) is 14.6. The van der Waals surface area contributed by atoms with E-state index in [0.717, 1.165) is 37.2 Å². The van der Waals surface area contributed by atoms with Crippen molar-refractivity contribution in [2.45, 2.75) is 50.9 Å². The van der Waals surface area contributed by atoms with Crippen molar-refractivity contribution in [3.8, 4) is 17.2 Å². The first-order valence-corrected chi connectivity index (χ1v) is 10.8. The number of methoxy groups -OCH3 is 2. The Bertz CT molecular complexity index is 826. The van der Waals surface area contributed by atoms with Gasteiger partial charge in [-0.25, -0.2) is 0 Å². The van der Waals surface area contributed by atoms with Gasteiger partial charge in [0.2, 0.25) is 5.91 Å². The number of nitrogens with one attached hydrogen (secondary N) is 1. The summed E-state index contributed by atoms with van der Waals surface area (Å²) >= 11 is 0. The maximum absolute atomic E-state index is 12.7. The van der Waals surface area contributed by atoms with Crippen molar-refractivity contribution in [1.29, 1.82) is 0 Å². The van der Waals surface area contributed by atoms with Gasteiger partial charge in [-0.2, -0.15) is 0 Å². The molecule has 2 aromatic rings. The van der Waals surface area contributed by atoms with Gasteiger partial charge in [0.25, 0.3) is 0 Å². The molecule has 2 aromatic carbocycles. The molecule has 1 saturated carbocycles. The van der Waals surface area contributed by atoms with Gasteiger partial charge in [0.15, 0.2) is 11.5 Å². The fourth-order valence-corrected chi connectivity index (χ4v) is 4.25. The first-order valence-electron chi connectivity index (χ1n) is 10.8. The highest BCUT2D eigenvalue weighted by Gasteiger charge is 2.35. The zero-order chi connectivity index (χ0) is 21.4. The highest BCUT2D eigenvalue weighted by Crippen LogP contribution is 2.41. The topological polar surface area (TPSA) is 56.8 Å². The molecule has 0 saturated heterocycles. The van der Waals surface area contributed by atoms with Crippen LogP contribution < -0.4 is 19.5 Å². The summed E-state index contributed by atoms with van der Waals surface area (Å²) < 4.78 is 16.3. The van der Waals surface area contributed by atoms with Gasteiger partial charge in [-0.3, -0.25) is 4.79 Å². The van der Waals surface area contributed by atoms with E-state index in [9.17, 15) is 4.79 Å². The lowest BCUT2D eigenvalue weighted by atomic mass is 9.78. The van der Waals surface area contributed by atoms with Crippen LogP contribution in [0.1, 0.15) is 50.2 Å². The number of ether oxygens (including phenoxy) is 3. The van der Waals surface area contributed by atoms with Crippen LogP contribution in [-0.4, -0.2) is 33.3 Å². The van der Waals surface area contributed by atoms with Crippen LogP contribution in [0.3, 0.4) is 0 Å². The molecule has 5 heteroatoms. The van der Waals surface area contributed by atoms with Crippen LogP contribution in [0.5, 0.6) is 17.2 Å². The number of carbonyl (C=O) groups excluding carboxylic acids is 1. The highest BCUT2D eigenvalue weighted by atomic mass is 16.5. The quantitative estimate of drug-likeness (QED) is 0.618. The average molecular weight is 412 g/mol. The summed E-state index contributed by atoms with van der Waals surface area (Å²) in [6, 6.07) is 14.0. The molecule has 0 unspecified atom stereocenters. The van der Waals surface area contributed by atoms with Crippen LogP contribution in [0.4, 0.5) is 0 Å². The van der Waals surface area contributed by atoms with Gasteiger partial charge in [-0.05, 0) is 54.7 Å². The molecular formula is C25H33NO4. The van der Waals surface area contributed by atoms with Gasteiger partial charge in [0, 0.05) is 12.0 Å². The third kappa shape index (κ3) is 5.26. The van der Waals surface area contributed by atoms with Crippen molar-refractivity contribution >= 4 is 5.91 Å². The lowest BCUT2D eigenvalue weighted by molar-refractivity contribution is -0.120. The second kappa shape index (κ2) is 10.4. The van der Waals surface area contributed by atoms with E-state index in [1.54, 1.807) is 14.2 Å². The van der Waals surface area contributed by atoms with Crippen LogP contribution in [0.25, 0.3) is 0 Å². The van der Waals surface area contributed by atoms with E-state index in [4.69, 9.17) is 14.2 Å². The van der Waals surface area contributed by atoms with Crippen LogP contribution >= 0.6 is 0 Å². The van der Waals surface area contributed by atoms with E-state index in [0.29, 0.717) is 24.5 Å². The van der Waals surface area contributed by atoms with Gasteiger partial charge < -0.3 is 19.5 Å². The number of carbonyl (C=O) groups is 1. The van der Waals surface area contributed by atoms with Crippen LogP contribution in [0.2, 0.25) is 0 Å². The first kappa shape index (κ1) is 22.0. The Balaban J connectivity index is 1.63. The summed E-state index contributed by atoms with van der Waals surface area (Å²) in [6.45, 7) is 3.50. The van der Waals surface area contributed by atoms with E-state index in [1.165, 1.54) is 18.4 Å². The van der Waals surface area contributed by atoms with Gasteiger partial charge in [-0.1, -0.05) is 38.0 Å². The van der Waals surface area contributed by atoms with Crippen LogP contribution in [0, 0.1) is 0 Å². The number of rotatable bonds is 10. The Kier molecular flexibility index (Phi) is 7.61. The summed E-state index contributed by atoms with van der Waals surface area (Å²) in [6.07, 6.45) is 5.90. The Morgan fingerprint density at radius 3 is 2.33 bits per heavy atom. The second-order valence-electron chi connectivity index (χ2n) is 8.00. The predicted molar refractivity (Wildman–Crippen MR) is 119 cm³/mol. The minimum Gasteiger partial charge on any atom is -0.494 e. The summed E-state index contributed by atoms with van der Waals surface area (Å²) in [5.41, 5.74) is 2.20. The summed E-state index contributed by atoms with van der Waals surface area (Å²) in [7, 11) is 3.21. The maximum Gasteiger partial charge on any atom is 0.224 e.